The molecule has 0 amide bonds. The van der Waals surface area contributed by atoms with Gasteiger partial charge in [-0.3, -0.25) is 0 Å². The SMILES string of the molecule is CC(Cl)c1nc2cccc(Cl)c2n1C(C)c1ccccc1. The molecule has 21 heavy (non-hydrogen) atoms. The largest absolute Gasteiger partial charge is 0.318 e. The molecule has 2 atom stereocenters. The van der Waals surface area contributed by atoms with Gasteiger partial charge in [-0.25, -0.2) is 4.98 Å². The normalized spacial score (nSPS) is 14.3. The van der Waals surface area contributed by atoms with Gasteiger partial charge >= 0.3 is 0 Å². The van der Waals surface area contributed by atoms with Gasteiger partial charge in [0.1, 0.15) is 5.82 Å². The summed E-state index contributed by atoms with van der Waals surface area (Å²) in [6.07, 6.45) is 0. The minimum absolute atomic E-state index is 0.118. The first-order chi connectivity index (χ1) is 10.1. The molecule has 0 aliphatic heterocycles. The summed E-state index contributed by atoms with van der Waals surface area (Å²) in [6, 6.07) is 16.2. The van der Waals surface area contributed by atoms with Crippen molar-refractivity contribution in [3.8, 4) is 0 Å². The van der Waals surface area contributed by atoms with Crippen LogP contribution in [0.15, 0.2) is 48.5 Å². The Balaban J connectivity index is 2.27. The van der Waals surface area contributed by atoms with E-state index < -0.39 is 0 Å². The van der Waals surface area contributed by atoms with E-state index in [9.17, 15) is 0 Å². The lowest BCUT2D eigenvalue weighted by molar-refractivity contribution is 0.618. The van der Waals surface area contributed by atoms with Gasteiger partial charge in [-0.1, -0.05) is 48.0 Å². The summed E-state index contributed by atoms with van der Waals surface area (Å²) in [5, 5.41) is 0.519. The number of rotatable bonds is 3. The number of para-hydroxylation sites is 1. The number of alkyl halides is 1. The minimum atomic E-state index is -0.181. The standard InChI is InChI=1S/C17H16Cl2N2/c1-11(18)17-20-15-10-6-9-14(19)16(15)21(17)12(2)13-7-4-3-5-8-13/h3-12H,1-2H3. The van der Waals surface area contributed by atoms with Crippen LogP contribution in [0, 0.1) is 0 Å². The molecule has 2 aromatic carbocycles. The smallest absolute Gasteiger partial charge is 0.128 e. The van der Waals surface area contributed by atoms with Crippen LogP contribution < -0.4 is 0 Å². The highest BCUT2D eigenvalue weighted by Gasteiger charge is 2.21. The van der Waals surface area contributed by atoms with E-state index in [1.807, 2.05) is 43.3 Å². The van der Waals surface area contributed by atoms with Crippen molar-refractivity contribution in [3.63, 3.8) is 0 Å². The van der Waals surface area contributed by atoms with E-state index in [4.69, 9.17) is 23.2 Å². The highest BCUT2D eigenvalue weighted by molar-refractivity contribution is 6.35. The number of aromatic nitrogens is 2. The predicted molar refractivity (Wildman–Crippen MR) is 89.3 cm³/mol. The summed E-state index contributed by atoms with van der Waals surface area (Å²) in [5.74, 6) is 0.844. The highest BCUT2D eigenvalue weighted by atomic mass is 35.5. The second-order valence-electron chi connectivity index (χ2n) is 5.15. The summed E-state index contributed by atoms with van der Waals surface area (Å²) in [4.78, 5) is 4.67. The molecule has 0 aliphatic rings. The van der Waals surface area contributed by atoms with Crippen molar-refractivity contribution in [2.45, 2.75) is 25.3 Å². The lowest BCUT2D eigenvalue weighted by atomic mass is 10.1. The number of hydrogen-bond donors (Lipinski definition) is 0. The van der Waals surface area contributed by atoms with Gasteiger partial charge in [0, 0.05) is 0 Å². The van der Waals surface area contributed by atoms with Crippen LogP contribution >= 0.6 is 23.2 Å². The average Bonchev–Trinajstić information content (AvgIpc) is 2.88. The molecule has 0 aliphatic carbocycles. The van der Waals surface area contributed by atoms with Crippen LogP contribution in [-0.4, -0.2) is 9.55 Å². The quantitative estimate of drug-likeness (QED) is 0.575. The lowest BCUT2D eigenvalue weighted by Crippen LogP contribution is -2.11. The van der Waals surface area contributed by atoms with Crippen molar-refractivity contribution >= 4 is 34.2 Å². The molecule has 3 aromatic rings. The summed E-state index contributed by atoms with van der Waals surface area (Å²) >= 11 is 12.7. The first kappa shape index (κ1) is 14.4. The van der Waals surface area contributed by atoms with Crippen molar-refractivity contribution in [2.24, 2.45) is 0 Å². The minimum Gasteiger partial charge on any atom is -0.318 e. The Morgan fingerprint density at radius 1 is 1.00 bits per heavy atom. The third-order valence-electron chi connectivity index (χ3n) is 3.71. The number of benzene rings is 2. The predicted octanol–water partition coefficient (Wildman–Crippen LogP) is 5.60. The monoisotopic (exact) mass is 318 g/mol. The Labute approximate surface area is 134 Å². The first-order valence-electron chi connectivity index (χ1n) is 6.95. The molecule has 0 N–H and O–H groups in total. The average molecular weight is 319 g/mol. The fourth-order valence-corrected chi connectivity index (χ4v) is 3.09. The molecule has 3 rings (SSSR count). The van der Waals surface area contributed by atoms with Crippen LogP contribution in [0.1, 0.15) is 36.7 Å². The van der Waals surface area contributed by atoms with Crippen LogP contribution in [0.5, 0.6) is 0 Å². The van der Waals surface area contributed by atoms with Crippen LogP contribution in [0.3, 0.4) is 0 Å². The van der Waals surface area contributed by atoms with Crippen molar-refractivity contribution in [1.29, 1.82) is 0 Å². The van der Waals surface area contributed by atoms with Gasteiger partial charge in [-0.2, -0.15) is 0 Å². The van der Waals surface area contributed by atoms with Gasteiger partial charge < -0.3 is 4.57 Å². The number of nitrogens with zero attached hydrogens (tertiary/aromatic N) is 2. The second-order valence-corrected chi connectivity index (χ2v) is 6.21. The zero-order valence-corrected chi connectivity index (χ0v) is 13.4. The van der Waals surface area contributed by atoms with Gasteiger partial charge in [0.2, 0.25) is 0 Å². The highest BCUT2D eigenvalue weighted by Crippen LogP contribution is 2.34. The molecule has 0 spiro atoms. The summed E-state index contributed by atoms with van der Waals surface area (Å²) in [5.41, 5.74) is 3.03. The molecule has 0 saturated heterocycles. The molecule has 2 unspecified atom stereocenters. The first-order valence-corrected chi connectivity index (χ1v) is 7.76. The Hall–Kier alpha value is -1.51. The van der Waals surface area contributed by atoms with Crippen LogP contribution in [0.25, 0.3) is 11.0 Å². The van der Waals surface area contributed by atoms with Gasteiger partial charge in [0.25, 0.3) is 0 Å². The lowest BCUT2D eigenvalue weighted by Gasteiger charge is -2.19. The molecular weight excluding hydrogens is 303 g/mol. The van der Waals surface area contributed by atoms with E-state index in [-0.39, 0.29) is 11.4 Å². The number of imidazole rings is 1. The topological polar surface area (TPSA) is 17.8 Å². The van der Waals surface area contributed by atoms with Gasteiger partial charge in [0.05, 0.1) is 27.5 Å². The van der Waals surface area contributed by atoms with E-state index >= 15 is 0 Å². The molecular formula is C17H16Cl2N2. The van der Waals surface area contributed by atoms with Gasteiger partial charge in [0.15, 0.2) is 0 Å². The molecule has 0 radical (unpaired) electrons. The molecule has 4 heteroatoms. The van der Waals surface area contributed by atoms with E-state index in [1.165, 1.54) is 5.56 Å². The molecule has 1 heterocycles. The maximum Gasteiger partial charge on any atom is 0.128 e. The Bertz CT molecular complexity index is 763. The number of halogens is 2. The number of fused-ring (bicyclic) bond motifs is 1. The van der Waals surface area contributed by atoms with E-state index in [2.05, 4.69) is 28.6 Å². The van der Waals surface area contributed by atoms with Gasteiger partial charge in [-0.15, -0.1) is 11.6 Å². The van der Waals surface area contributed by atoms with E-state index in [1.54, 1.807) is 0 Å². The Morgan fingerprint density at radius 3 is 2.38 bits per heavy atom. The van der Waals surface area contributed by atoms with Crippen LogP contribution in [0.2, 0.25) is 5.02 Å². The molecule has 0 saturated carbocycles. The second kappa shape index (κ2) is 5.70. The number of hydrogen-bond acceptors (Lipinski definition) is 1. The van der Waals surface area contributed by atoms with Crippen molar-refractivity contribution in [1.82, 2.24) is 9.55 Å². The summed E-state index contributed by atoms with van der Waals surface area (Å²) in [6.45, 7) is 4.08. The molecule has 108 valence electrons. The summed E-state index contributed by atoms with van der Waals surface area (Å²) in [7, 11) is 0. The Morgan fingerprint density at radius 2 is 1.71 bits per heavy atom. The molecule has 2 nitrogen and oxygen atoms in total. The van der Waals surface area contributed by atoms with E-state index in [0.717, 1.165) is 16.9 Å². The maximum absolute atomic E-state index is 6.41. The molecule has 1 aromatic heterocycles. The summed E-state index contributed by atoms with van der Waals surface area (Å²) < 4.78 is 2.14. The maximum atomic E-state index is 6.41. The van der Waals surface area contributed by atoms with Crippen LogP contribution in [-0.2, 0) is 0 Å². The third-order valence-corrected chi connectivity index (χ3v) is 4.21. The van der Waals surface area contributed by atoms with Crippen molar-refractivity contribution < 1.29 is 0 Å². The Kier molecular flexibility index (Phi) is 3.92. The van der Waals surface area contributed by atoms with Crippen molar-refractivity contribution in [3.05, 3.63) is 64.9 Å². The third kappa shape index (κ3) is 2.54. The van der Waals surface area contributed by atoms with Gasteiger partial charge in [-0.05, 0) is 31.5 Å². The van der Waals surface area contributed by atoms with E-state index in [0.29, 0.717) is 5.02 Å². The molecule has 0 bridgehead atoms. The van der Waals surface area contributed by atoms with Crippen LogP contribution in [0.4, 0.5) is 0 Å². The fourth-order valence-electron chi connectivity index (χ4n) is 2.68. The van der Waals surface area contributed by atoms with Crippen molar-refractivity contribution in [2.75, 3.05) is 0 Å². The fraction of sp³-hybridized carbons (Fsp3) is 0.235. The zero-order valence-electron chi connectivity index (χ0n) is 11.9. The zero-order chi connectivity index (χ0) is 15.0. The molecule has 0 fully saturated rings.